The second kappa shape index (κ2) is 11.0. The second-order valence-corrected chi connectivity index (χ2v) is 7.07. The Kier molecular flexibility index (Phi) is 7.90. The van der Waals surface area contributed by atoms with E-state index in [2.05, 4.69) is 10.5 Å². The van der Waals surface area contributed by atoms with E-state index in [0.717, 1.165) is 16.9 Å². The average molecular weight is 439 g/mol. The van der Waals surface area contributed by atoms with Gasteiger partial charge in [-0.15, -0.1) is 0 Å². The number of ether oxygens (including phenoxy) is 3. The number of hydrogen-bond acceptors (Lipinski definition) is 5. The predicted octanol–water partition coefficient (Wildman–Crippen LogP) is 4.85. The van der Waals surface area contributed by atoms with Crippen LogP contribution in [0, 0.1) is 0 Å². The lowest BCUT2D eigenvalue weighted by molar-refractivity contribution is -0.127. The van der Waals surface area contributed by atoms with Crippen LogP contribution in [0.15, 0.2) is 77.9 Å². The molecule has 3 rings (SSSR count). The van der Waals surface area contributed by atoms with Crippen LogP contribution in [0.4, 0.5) is 0 Å². The lowest BCUT2D eigenvalue weighted by Crippen LogP contribution is -2.33. The minimum absolute atomic E-state index is 0.374. The number of carbonyl (C=O) groups is 1. The SMILES string of the molecule is COc1cccc(COc2ccccc2/C=N\NC(=O)[C@@H](C)Oc2cccc(Cl)c2)c1. The molecule has 160 valence electrons. The molecule has 0 heterocycles. The number of amides is 1. The van der Waals surface area contributed by atoms with Crippen molar-refractivity contribution < 1.29 is 19.0 Å². The summed E-state index contributed by atoms with van der Waals surface area (Å²) >= 11 is 5.93. The third-order valence-electron chi connectivity index (χ3n) is 4.30. The molecule has 1 N–H and O–H groups in total. The largest absolute Gasteiger partial charge is 0.497 e. The van der Waals surface area contributed by atoms with Gasteiger partial charge in [0, 0.05) is 10.6 Å². The summed E-state index contributed by atoms with van der Waals surface area (Å²) in [7, 11) is 1.63. The van der Waals surface area contributed by atoms with E-state index in [9.17, 15) is 4.79 Å². The highest BCUT2D eigenvalue weighted by Crippen LogP contribution is 2.20. The van der Waals surface area contributed by atoms with Crippen molar-refractivity contribution in [1.82, 2.24) is 5.43 Å². The number of benzene rings is 3. The van der Waals surface area contributed by atoms with E-state index in [1.54, 1.807) is 38.3 Å². The van der Waals surface area contributed by atoms with Gasteiger partial charge in [0.1, 0.15) is 23.9 Å². The third kappa shape index (κ3) is 6.76. The van der Waals surface area contributed by atoms with Gasteiger partial charge in [-0.1, -0.05) is 41.9 Å². The Morgan fingerprint density at radius 3 is 2.65 bits per heavy atom. The normalized spacial score (nSPS) is 11.7. The molecule has 3 aromatic carbocycles. The lowest BCUT2D eigenvalue weighted by atomic mass is 10.2. The van der Waals surface area contributed by atoms with Gasteiger partial charge < -0.3 is 14.2 Å². The first-order valence-electron chi connectivity index (χ1n) is 9.65. The van der Waals surface area contributed by atoms with E-state index in [1.807, 2.05) is 48.5 Å². The number of nitrogens with zero attached hydrogens (tertiary/aromatic N) is 1. The van der Waals surface area contributed by atoms with Crippen molar-refractivity contribution in [1.29, 1.82) is 0 Å². The Bertz CT molecular complexity index is 1060. The highest BCUT2D eigenvalue weighted by Gasteiger charge is 2.14. The summed E-state index contributed by atoms with van der Waals surface area (Å²) in [6, 6.07) is 22.0. The van der Waals surface area contributed by atoms with Crippen LogP contribution in [0.5, 0.6) is 17.2 Å². The molecule has 0 aliphatic carbocycles. The number of hydrogen-bond donors (Lipinski definition) is 1. The first kappa shape index (κ1) is 22.2. The Balaban J connectivity index is 1.57. The van der Waals surface area contributed by atoms with Crippen molar-refractivity contribution in [3.05, 3.63) is 88.9 Å². The highest BCUT2D eigenvalue weighted by atomic mass is 35.5. The first-order valence-corrected chi connectivity index (χ1v) is 10.0. The monoisotopic (exact) mass is 438 g/mol. The molecular weight excluding hydrogens is 416 g/mol. The molecule has 31 heavy (non-hydrogen) atoms. The summed E-state index contributed by atoms with van der Waals surface area (Å²) in [5.41, 5.74) is 4.19. The standard InChI is InChI=1S/C24H23ClN2O4/c1-17(31-22-11-6-9-20(25)14-22)24(28)27-26-15-19-8-3-4-12-23(19)30-16-18-7-5-10-21(13-18)29-2/h3-15,17H,16H2,1-2H3,(H,27,28)/b26-15-/t17-/m1/s1. The van der Waals surface area contributed by atoms with Gasteiger partial charge in [0.05, 0.1) is 13.3 Å². The van der Waals surface area contributed by atoms with E-state index < -0.39 is 6.10 Å². The second-order valence-electron chi connectivity index (χ2n) is 6.63. The third-order valence-corrected chi connectivity index (χ3v) is 4.54. The molecule has 0 unspecified atom stereocenters. The Morgan fingerprint density at radius 2 is 1.84 bits per heavy atom. The number of carbonyl (C=O) groups excluding carboxylic acids is 1. The van der Waals surface area contributed by atoms with Crippen molar-refractivity contribution in [3.63, 3.8) is 0 Å². The Morgan fingerprint density at radius 1 is 1.06 bits per heavy atom. The molecule has 0 aliphatic rings. The van der Waals surface area contributed by atoms with Crippen molar-refractivity contribution >= 4 is 23.7 Å². The summed E-state index contributed by atoms with van der Waals surface area (Å²) in [5, 5.41) is 4.57. The van der Waals surface area contributed by atoms with Gasteiger partial charge in [-0.2, -0.15) is 5.10 Å². The minimum Gasteiger partial charge on any atom is -0.497 e. The molecule has 0 bridgehead atoms. The summed E-state index contributed by atoms with van der Waals surface area (Å²) in [5.74, 6) is 1.54. The van der Waals surface area contributed by atoms with E-state index >= 15 is 0 Å². The lowest BCUT2D eigenvalue weighted by Gasteiger charge is -2.13. The number of methoxy groups -OCH3 is 1. The molecule has 0 radical (unpaired) electrons. The fourth-order valence-electron chi connectivity index (χ4n) is 2.70. The number of halogens is 1. The van der Waals surface area contributed by atoms with Crippen molar-refractivity contribution in [3.8, 4) is 17.2 Å². The maximum Gasteiger partial charge on any atom is 0.280 e. The fraction of sp³-hybridized carbons (Fsp3) is 0.167. The average Bonchev–Trinajstić information content (AvgIpc) is 2.78. The zero-order chi connectivity index (χ0) is 22.1. The van der Waals surface area contributed by atoms with Crippen molar-refractivity contribution in [2.45, 2.75) is 19.6 Å². The molecule has 0 aromatic heterocycles. The minimum atomic E-state index is -0.741. The van der Waals surface area contributed by atoms with Crippen LogP contribution in [0.2, 0.25) is 5.02 Å². The van der Waals surface area contributed by atoms with Crippen LogP contribution >= 0.6 is 11.6 Å². The summed E-state index contributed by atoms with van der Waals surface area (Å²) in [6.45, 7) is 2.01. The first-order chi connectivity index (χ1) is 15.0. The quantitative estimate of drug-likeness (QED) is 0.383. The molecule has 1 amide bonds. The van der Waals surface area contributed by atoms with Gasteiger partial charge in [0.15, 0.2) is 6.10 Å². The molecule has 0 fully saturated rings. The number of hydrazone groups is 1. The van der Waals surface area contributed by atoms with Crippen LogP contribution < -0.4 is 19.6 Å². The predicted molar refractivity (Wildman–Crippen MR) is 121 cm³/mol. The smallest absolute Gasteiger partial charge is 0.280 e. The molecule has 6 nitrogen and oxygen atoms in total. The molecule has 7 heteroatoms. The van der Waals surface area contributed by atoms with Crippen LogP contribution in [0.3, 0.4) is 0 Å². The van der Waals surface area contributed by atoms with Gasteiger partial charge >= 0.3 is 0 Å². The molecule has 0 spiro atoms. The number of para-hydroxylation sites is 1. The van der Waals surface area contributed by atoms with Gasteiger partial charge in [-0.25, -0.2) is 5.43 Å². The molecule has 1 atom stereocenters. The van der Waals surface area contributed by atoms with E-state index in [-0.39, 0.29) is 5.91 Å². The van der Waals surface area contributed by atoms with Crippen LogP contribution in [0.1, 0.15) is 18.1 Å². The van der Waals surface area contributed by atoms with Crippen LogP contribution in [-0.2, 0) is 11.4 Å². The summed E-state index contributed by atoms with van der Waals surface area (Å²) in [4.78, 5) is 12.3. The van der Waals surface area contributed by atoms with Crippen LogP contribution in [-0.4, -0.2) is 25.3 Å². The number of nitrogens with one attached hydrogen (secondary N) is 1. The molecular formula is C24H23ClN2O4. The van der Waals surface area contributed by atoms with Gasteiger partial charge in [-0.3, -0.25) is 4.79 Å². The maximum atomic E-state index is 12.3. The topological polar surface area (TPSA) is 69.2 Å². The van der Waals surface area contributed by atoms with E-state index in [1.165, 1.54) is 6.21 Å². The van der Waals surface area contributed by atoms with Crippen molar-refractivity contribution in [2.75, 3.05) is 7.11 Å². The fourth-order valence-corrected chi connectivity index (χ4v) is 2.88. The highest BCUT2D eigenvalue weighted by molar-refractivity contribution is 6.30. The maximum absolute atomic E-state index is 12.3. The zero-order valence-corrected chi connectivity index (χ0v) is 18.0. The summed E-state index contributed by atoms with van der Waals surface area (Å²) < 4.78 is 16.7. The van der Waals surface area contributed by atoms with Crippen molar-refractivity contribution in [2.24, 2.45) is 5.10 Å². The van der Waals surface area contributed by atoms with Gasteiger partial charge in [0.2, 0.25) is 0 Å². The Labute approximate surface area is 186 Å². The number of rotatable bonds is 9. The molecule has 0 saturated carbocycles. The van der Waals surface area contributed by atoms with Gasteiger partial charge in [-0.05, 0) is 55.0 Å². The van der Waals surface area contributed by atoms with E-state index in [4.69, 9.17) is 25.8 Å². The Hall–Kier alpha value is -3.51. The van der Waals surface area contributed by atoms with E-state index in [0.29, 0.717) is 23.1 Å². The molecule has 0 aliphatic heterocycles. The zero-order valence-electron chi connectivity index (χ0n) is 17.2. The summed E-state index contributed by atoms with van der Waals surface area (Å²) in [6.07, 6.45) is 0.792. The molecule has 3 aromatic rings. The van der Waals surface area contributed by atoms with Gasteiger partial charge in [0.25, 0.3) is 5.91 Å². The molecule has 0 saturated heterocycles. The van der Waals surface area contributed by atoms with Crippen LogP contribution in [0.25, 0.3) is 0 Å².